The minimum atomic E-state index is -4.28. The van der Waals surface area contributed by atoms with E-state index in [9.17, 15) is 14.7 Å². The average Bonchev–Trinajstić information content (AvgIpc) is 2.65. The molecule has 0 aliphatic carbocycles. The van der Waals surface area contributed by atoms with Crippen molar-refractivity contribution < 1.29 is 14.7 Å². The summed E-state index contributed by atoms with van der Waals surface area (Å²) in [5.41, 5.74) is 2.20. The number of hydrogen-bond acceptors (Lipinski definition) is 3. The van der Waals surface area contributed by atoms with E-state index >= 15 is 0 Å². The second-order valence-electron chi connectivity index (χ2n) is 9.98. The summed E-state index contributed by atoms with van der Waals surface area (Å²) < 4.78 is 0. The third-order valence-corrected chi connectivity index (χ3v) is 7.26. The van der Waals surface area contributed by atoms with Crippen molar-refractivity contribution in [1.29, 1.82) is 0 Å². The second-order valence-corrected chi connectivity index (χ2v) is 11.8. The van der Waals surface area contributed by atoms with E-state index in [0.29, 0.717) is 5.30 Å². The van der Waals surface area contributed by atoms with Gasteiger partial charge < -0.3 is 0 Å². The molecule has 0 radical (unpaired) electrons. The minimum absolute atomic E-state index is 0.400. The Balaban J connectivity index is 2.52. The predicted molar refractivity (Wildman–Crippen MR) is 134 cm³/mol. The molecule has 30 heavy (non-hydrogen) atoms. The summed E-state index contributed by atoms with van der Waals surface area (Å²) in [6.07, 6.45) is 16.7. The topological polar surface area (TPSA) is 60.7 Å². The third kappa shape index (κ3) is 12.4. The van der Waals surface area contributed by atoms with Gasteiger partial charge in [-0.25, -0.2) is 0 Å². The van der Waals surface area contributed by atoms with Gasteiger partial charge in [-0.3, -0.25) is 0 Å². The molecule has 0 fully saturated rings. The first kappa shape index (κ1) is 27.6. The maximum absolute atomic E-state index is 9.98. The Bertz CT molecular complexity index is 564. The van der Waals surface area contributed by atoms with Crippen LogP contribution in [0, 0.1) is 11.8 Å². The molecule has 3 N–H and O–H groups in total. The molecule has 0 aromatic heterocycles. The third-order valence-electron chi connectivity index (χ3n) is 6.07. The van der Waals surface area contributed by atoms with Crippen molar-refractivity contribution >= 4 is 13.2 Å². The van der Waals surface area contributed by atoms with Crippen LogP contribution in [0.15, 0.2) is 18.2 Å². The molecule has 1 rings (SSSR count). The average molecular weight is 441 g/mol. The molecule has 0 spiro atoms. The van der Waals surface area contributed by atoms with Crippen LogP contribution in [0.4, 0.5) is 0 Å². The summed E-state index contributed by atoms with van der Waals surface area (Å²) in [5, 5.41) is 0.400. The van der Waals surface area contributed by atoms with Gasteiger partial charge in [0.1, 0.15) is 0 Å². The molecule has 0 amide bonds. The first-order chi connectivity index (χ1) is 14.2. The Morgan fingerprint density at radius 2 is 1.10 bits per heavy atom. The van der Waals surface area contributed by atoms with Crippen molar-refractivity contribution in [2.75, 3.05) is 0 Å². The summed E-state index contributed by atoms with van der Waals surface area (Å²) in [6.45, 7) is 9.12. The van der Waals surface area contributed by atoms with E-state index in [1.54, 1.807) is 6.07 Å². The zero-order chi connectivity index (χ0) is 22.4. The Labute approximate surface area is 186 Å². The van der Waals surface area contributed by atoms with Gasteiger partial charge in [0.15, 0.2) is 0 Å². The SMILES string of the molecule is CC(C)CCCCCCCc1cccc([PH](O)(O)O)c1CCCCCCCC(C)C. The summed E-state index contributed by atoms with van der Waals surface area (Å²) in [5.74, 6) is 1.58. The number of unbranched alkanes of at least 4 members (excludes halogenated alkanes) is 8. The predicted octanol–water partition coefficient (Wildman–Crippen LogP) is 6.86. The van der Waals surface area contributed by atoms with E-state index < -0.39 is 7.94 Å². The van der Waals surface area contributed by atoms with Crippen LogP contribution in [0.3, 0.4) is 0 Å². The Morgan fingerprint density at radius 3 is 1.60 bits per heavy atom. The number of benzene rings is 1. The van der Waals surface area contributed by atoms with Crippen molar-refractivity contribution in [3.8, 4) is 0 Å². The van der Waals surface area contributed by atoms with Gasteiger partial charge in [0.2, 0.25) is 0 Å². The first-order valence-corrected chi connectivity index (χ1v) is 14.3. The van der Waals surface area contributed by atoms with Gasteiger partial charge in [0, 0.05) is 0 Å². The Morgan fingerprint density at radius 1 is 0.633 bits per heavy atom. The van der Waals surface area contributed by atoms with Crippen LogP contribution >= 0.6 is 7.94 Å². The molecular formula is C26H49O3P. The normalized spacial score (nSPS) is 12.8. The molecule has 0 heterocycles. The van der Waals surface area contributed by atoms with Gasteiger partial charge >= 0.3 is 187 Å². The van der Waals surface area contributed by atoms with E-state index in [2.05, 4.69) is 33.8 Å². The van der Waals surface area contributed by atoms with Crippen LogP contribution in [0.1, 0.15) is 116 Å². The molecule has 1 aromatic rings. The standard InChI is InChI=1S/C26H49O3P/c1-22(2)16-11-7-5-9-13-18-24-19-15-21-26(30(27,28)29)25(24)20-14-10-6-8-12-17-23(3)4/h15,19,21-23,27-30H,5-14,16-18,20H2,1-4H3. The van der Waals surface area contributed by atoms with E-state index in [4.69, 9.17) is 0 Å². The molecule has 0 saturated carbocycles. The fourth-order valence-corrected chi connectivity index (χ4v) is 5.27. The van der Waals surface area contributed by atoms with Crippen LogP contribution < -0.4 is 5.30 Å². The number of rotatable bonds is 17. The molecular weight excluding hydrogens is 391 g/mol. The molecule has 4 heteroatoms. The fourth-order valence-electron chi connectivity index (χ4n) is 4.26. The summed E-state index contributed by atoms with van der Waals surface area (Å²) in [6, 6.07) is 5.69. The maximum atomic E-state index is 9.98. The first-order valence-electron chi connectivity index (χ1n) is 12.5. The molecule has 0 unspecified atom stereocenters. The summed E-state index contributed by atoms with van der Waals surface area (Å²) in [7, 11) is -4.28. The molecule has 0 bridgehead atoms. The van der Waals surface area contributed by atoms with Gasteiger partial charge in [-0.15, -0.1) is 0 Å². The Kier molecular flexibility index (Phi) is 14.1. The Hall–Kier alpha value is -0.470. The van der Waals surface area contributed by atoms with Gasteiger partial charge in [0.05, 0.1) is 0 Å². The van der Waals surface area contributed by atoms with Crippen LogP contribution in [0.2, 0.25) is 0 Å². The van der Waals surface area contributed by atoms with E-state index in [-0.39, 0.29) is 0 Å². The van der Waals surface area contributed by atoms with Crippen molar-refractivity contribution in [2.45, 2.75) is 118 Å². The monoisotopic (exact) mass is 440 g/mol. The van der Waals surface area contributed by atoms with Crippen molar-refractivity contribution in [3.05, 3.63) is 29.3 Å². The number of aryl methyl sites for hydroxylation is 1. The summed E-state index contributed by atoms with van der Waals surface area (Å²) in [4.78, 5) is 29.9. The van der Waals surface area contributed by atoms with E-state index in [1.807, 2.05) is 6.07 Å². The van der Waals surface area contributed by atoms with Crippen molar-refractivity contribution in [3.63, 3.8) is 0 Å². The van der Waals surface area contributed by atoms with E-state index in [1.165, 1.54) is 69.8 Å². The van der Waals surface area contributed by atoms with Crippen molar-refractivity contribution in [2.24, 2.45) is 11.8 Å². The molecule has 1 aromatic carbocycles. The van der Waals surface area contributed by atoms with E-state index in [0.717, 1.165) is 43.1 Å². The van der Waals surface area contributed by atoms with Gasteiger partial charge in [-0.1, -0.05) is 0 Å². The zero-order valence-electron chi connectivity index (χ0n) is 20.1. The molecule has 3 nitrogen and oxygen atoms in total. The van der Waals surface area contributed by atoms with Gasteiger partial charge in [-0.2, -0.15) is 0 Å². The van der Waals surface area contributed by atoms with Crippen LogP contribution in [-0.2, 0) is 12.8 Å². The second kappa shape index (κ2) is 15.4. The fraction of sp³-hybridized carbons (Fsp3) is 0.769. The quantitative estimate of drug-likeness (QED) is 0.183. The summed E-state index contributed by atoms with van der Waals surface area (Å²) >= 11 is 0. The molecule has 0 saturated heterocycles. The van der Waals surface area contributed by atoms with Gasteiger partial charge in [-0.05, 0) is 0 Å². The van der Waals surface area contributed by atoms with Gasteiger partial charge in [0.25, 0.3) is 0 Å². The molecule has 0 atom stereocenters. The van der Waals surface area contributed by atoms with Crippen LogP contribution in [0.25, 0.3) is 0 Å². The molecule has 0 aliphatic rings. The van der Waals surface area contributed by atoms with Crippen molar-refractivity contribution in [1.82, 2.24) is 0 Å². The molecule has 176 valence electrons. The molecule has 0 aliphatic heterocycles. The zero-order valence-corrected chi connectivity index (χ0v) is 21.1. The van der Waals surface area contributed by atoms with Crippen LogP contribution in [-0.4, -0.2) is 14.7 Å². The number of hydrogen-bond donors (Lipinski definition) is 3. The van der Waals surface area contributed by atoms with Crippen LogP contribution in [0.5, 0.6) is 0 Å².